The van der Waals surface area contributed by atoms with Crippen LogP contribution in [0, 0.1) is 0 Å². The summed E-state index contributed by atoms with van der Waals surface area (Å²) in [6.07, 6.45) is 0.634. The number of benzene rings is 1. The van der Waals surface area contributed by atoms with E-state index in [1.165, 1.54) is 6.20 Å². The summed E-state index contributed by atoms with van der Waals surface area (Å²) in [7, 11) is 0. The van der Waals surface area contributed by atoms with E-state index in [0.29, 0.717) is 10.8 Å². The molecule has 1 aromatic carbocycles. The van der Waals surface area contributed by atoms with Crippen molar-refractivity contribution < 1.29 is 27.8 Å². The fourth-order valence-electron chi connectivity index (χ4n) is 2.86. The van der Waals surface area contributed by atoms with Gasteiger partial charge in [-0.3, -0.25) is 9.59 Å². The lowest BCUT2D eigenvalue weighted by atomic mass is 10.1. The molecule has 1 unspecified atom stereocenters. The number of nitrogens with two attached hydrogens (primary N) is 1. The van der Waals surface area contributed by atoms with Gasteiger partial charge in [0.25, 0.3) is 11.8 Å². The molecule has 9 heteroatoms. The summed E-state index contributed by atoms with van der Waals surface area (Å²) in [4.78, 5) is 27.0. The van der Waals surface area contributed by atoms with E-state index in [2.05, 4.69) is 10.3 Å². The fourth-order valence-corrected chi connectivity index (χ4v) is 2.86. The highest BCUT2D eigenvalue weighted by Crippen LogP contribution is 2.32. The number of amides is 2. The van der Waals surface area contributed by atoms with Gasteiger partial charge in [-0.25, -0.2) is 4.98 Å². The van der Waals surface area contributed by atoms with Crippen molar-refractivity contribution in [3.63, 3.8) is 0 Å². The highest BCUT2D eigenvalue weighted by atomic mass is 19.3. The van der Waals surface area contributed by atoms with Gasteiger partial charge in [0.2, 0.25) is 5.88 Å². The molecule has 27 heavy (non-hydrogen) atoms. The summed E-state index contributed by atoms with van der Waals surface area (Å²) < 4.78 is 37.9. The van der Waals surface area contributed by atoms with Crippen LogP contribution in [-0.2, 0) is 4.79 Å². The van der Waals surface area contributed by atoms with Crippen LogP contribution >= 0.6 is 0 Å². The Hall–Kier alpha value is -2.97. The molecule has 1 aromatic heterocycles. The first-order valence-electron chi connectivity index (χ1n) is 8.38. The molecule has 144 valence electrons. The monoisotopic (exact) mass is 379 g/mol. The van der Waals surface area contributed by atoms with Gasteiger partial charge < -0.3 is 20.5 Å². The second kappa shape index (κ2) is 6.98. The number of aromatic nitrogens is 1. The number of fused-ring (bicyclic) bond motifs is 1. The molecule has 3 rings (SSSR count). The quantitative estimate of drug-likeness (QED) is 0.799. The van der Waals surface area contributed by atoms with Crippen LogP contribution in [0.4, 0.5) is 8.78 Å². The van der Waals surface area contributed by atoms with Crippen molar-refractivity contribution in [1.29, 1.82) is 0 Å². The Morgan fingerprint density at radius 3 is 2.78 bits per heavy atom. The van der Waals surface area contributed by atoms with Crippen LogP contribution in [0.1, 0.15) is 30.6 Å². The topological polar surface area (TPSA) is 104 Å². The molecule has 0 saturated carbocycles. The summed E-state index contributed by atoms with van der Waals surface area (Å²) in [6, 6.07) is 4.00. The van der Waals surface area contributed by atoms with E-state index >= 15 is 0 Å². The number of rotatable bonds is 6. The van der Waals surface area contributed by atoms with E-state index in [4.69, 9.17) is 15.2 Å². The van der Waals surface area contributed by atoms with Crippen LogP contribution in [0.25, 0.3) is 10.8 Å². The molecule has 1 saturated heterocycles. The van der Waals surface area contributed by atoms with Crippen molar-refractivity contribution >= 4 is 22.6 Å². The number of pyridine rings is 1. The predicted octanol–water partition coefficient (Wildman–Crippen LogP) is 2.02. The lowest BCUT2D eigenvalue weighted by Gasteiger charge is -2.16. The van der Waals surface area contributed by atoms with Crippen LogP contribution in [-0.4, -0.2) is 41.5 Å². The summed E-state index contributed by atoms with van der Waals surface area (Å²) in [5.41, 5.74) is 5.64. The largest absolute Gasteiger partial charge is 0.490 e. The molecule has 2 amide bonds. The molecule has 3 N–H and O–H groups in total. The summed E-state index contributed by atoms with van der Waals surface area (Å²) >= 11 is 0. The Morgan fingerprint density at radius 2 is 2.19 bits per heavy atom. The third kappa shape index (κ3) is 3.91. The SMILES string of the molecule is CC(C)Oc1cc2c(OCC3CC(F)(F)C(=O)N3)nccc2cc1C(N)=O. The van der Waals surface area contributed by atoms with Gasteiger partial charge in [0.05, 0.1) is 17.7 Å². The van der Waals surface area contributed by atoms with Gasteiger partial charge in [-0.2, -0.15) is 8.78 Å². The zero-order valence-electron chi connectivity index (χ0n) is 14.8. The summed E-state index contributed by atoms with van der Waals surface area (Å²) in [5, 5.41) is 3.36. The number of nitrogens with one attached hydrogen (secondary N) is 1. The molecule has 0 radical (unpaired) electrons. The maximum absolute atomic E-state index is 13.3. The molecule has 7 nitrogen and oxygen atoms in total. The lowest BCUT2D eigenvalue weighted by Crippen LogP contribution is -2.33. The van der Waals surface area contributed by atoms with Crippen molar-refractivity contribution in [3.05, 3.63) is 30.0 Å². The van der Waals surface area contributed by atoms with Gasteiger partial charge in [-0.15, -0.1) is 0 Å². The Labute approximate surface area is 153 Å². The molecule has 0 spiro atoms. The second-order valence-electron chi connectivity index (χ2n) is 6.61. The van der Waals surface area contributed by atoms with E-state index in [-0.39, 0.29) is 29.9 Å². The maximum atomic E-state index is 13.3. The van der Waals surface area contributed by atoms with Crippen LogP contribution in [0.3, 0.4) is 0 Å². The van der Waals surface area contributed by atoms with Crippen LogP contribution in [0.2, 0.25) is 0 Å². The second-order valence-corrected chi connectivity index (χ2v) is 6.61. The zero-order valence-corrected chi connectivity index (χ0v) is 14.8. The molecule has 2 heterocycles. The average Bonchev–Trinajstić information content (AvgIpc) is 2.84. The van der Waals surface area contributed by atoms with Gasteiger partial charge in [0.15, 0.2) is 0 Å². The lowest BCUT2D eigenvalue weighted by molar-refractivity contribution is -0.139. The van der Waals surface area contributed by atoms with E-state index in [0.717, 1.165) is 0 Å². The van der Waals surface area contributed by atoms with Gasteiger partial charge >= 0.3 is 5.92 Å². The number of alkyl halides is 2. The number of hydrogen-bond donors (Lipinski definition) is 2. The number of hydrogen-bond acceptors (Lipinski definition) is 5. The van der Waals surface area contributed by atoms with Crippen LogP contribution in [0.5, 0.6) is 11.6 Å². The van der Waals surface area contributed by atoms with Crippen molar-refractivity contribution in [2.24, 2.45) is 5.73 Å². The van der Waals surface area contributed by atoms with Crippen molar-refractivity contribution in [1.82, 2.24) is 10.3 Å². The van der Waals surface area contributed by atoms with E-state index in [1.54, 1.807) is 32.0 Å². The molecular weight excluding hydrogens is 360 g/mol. The molecule has 1 fully saturated rings. The minimum Gasteiger partial charge on any atom is -0.490 e. The highest BCUT2D eigenvalue weighted by Gasteiger charge is 2.48. The smallest absolute Gasteiger partial charge is 0.326 e. The number of nitrogens with zero attached hydrogens (tertiary/aromatic N) is 1. The Kier molecular flexibility index (Phi) is 4.86. The first kappa shape index (κ1) is 18.8. The summed E-state index contributed by atoms with van der Waals surface area (Å²) in [5.74, 6) is -4.87. The van der Waals surface area contributed by atoms with Crippen LogP contribution < -0.4 is 20.5 Å². The minimum absolute atomic E-state index is 0.161. The van der Waals surface area contributed by atoms with Gasteiger partial charge in [-0.05, 0) is 37.4 Å². The van der Waals surface area contributed by atoms with E-state index in [1.807, 2.05) is 0 Å². The molecule has 2 aromatic rings. The number of halogens is 2. The number of ether oxygens (including phenoxy) is 2. The Balaban J connectivity index is 1.89. The molecule has 0 aliphatic carbocycles. The van der Waals surface area contributed by atoms with Crippen molar-refractivity contribution in [2.75, 3.05) is 6.61 Å². The molecular formula is C18H19F2N3O4. The number of primary amides is 1. The molecule has 1 atom stereocenters. The zero-order chi connectivity index (χ0) is 19.8. The minimum atomic E-state index is -3.39. The Morgan fingerprint density at radius 1 is 1.44 bits per heavy atom. The van der Waals surface area contributed by atoms with Gasteiger partial charge in [0.1, 0.15) is 12.4 Å². The average molecular weight is 379 g/mol. The number of carbonyl (C=O) groups is 2. The van der Waals surface area contributed by atoms with Gasteiger partial charge in [0, 0.05) is 18.0 Å². The van der Waals surface area contributed by atoms with E-state index < -0.39 is 30.2 Å². The predicted molar refractivity (Wildman–Crippen MR) is 93.0 cm³/mol. The van der Waals surface area contributed by atoms with Crippen molar-refractivity contribution in [2.45, 2.75) is 38.3 Å². The first-order chi connectivity index (χ1) is 12.7. The van der Waals surface area contributed by atoms with Crippen molar-refractivity contribution in [3.8, 4) is 11.6 Å². The third-order valence-electron chi connectivity index (χ3n) is 4.05. The first-order valence-corrected chi connectivity index (χ1v) is 8.38. The Bertz CT molecular complexity index is 902. The highest BCUT2D eigenvalue weighted by molar-refractivity contribution is 6.01. The number of carbonyl (C=O) groups excluding carboxylic acids is 2. The van der Waals surface area contributed by atoms with Crippen LogP contribution in [0.15, 0.2) is 24.4 Å². The van der Waals surface area contributed by atoms with Gasteiger partial charge in [-0.1, -0.05) is 0 Å². The standard InChI is InChI=1S/C18H19F2N3O4/c1-9(2)27-14-6-12-10(5-13(14)15(21)24)3-4-22-16(12)26-8-11-7-18(19,20)17(25)23-11/h3-6,9,11H,7-8H2,1-2H3,(H2,21,24)(H,23,25). The molecule has 1 aliphatic heterocycles. The molecule has 0 bridgehead atoms. The summed E-state index contributed by atoms with van der Waals surface area (Å²) in [6.45, 7) is 3.45. The fraction of sp³-hybridized carbons (Fsp3) is 0.389. The third-order valence-corrected chi connectivity index (χ3v) is 4.05. The maximum Gasteiger partial charge on any atom is 0.326 e. The normalized spacial score (nSPS) is 18.6. The molecule has 1 aliphatic rings. The van der Waals surface area contributed by atoms with E-state index in [9.17, 15) is 18.4 Å².